The number of nitrogens with two attached hydrogens (primary N) is 1. The van der Waals surface area contributed by atoms with Gasteiger partial charge in [0.2, 0.25) is 0 Å². The van der Waals surface area contributed by atoms with E-state index in [0.717, 1.165) is 24.4 Å². The summed E-state index contributed by atoms with van der Waals surface area (Å²) in [6, 6.07) is 7.73. The lowest BCUT2D eigenvalue weighted by atomic mass is 9.79. The van der Waals surface area contributed by atoms with Crippen LogP contribution in [0.3, 0.4) is 0 Å². The number of rotatable bonds is 3. The second-order valence-electron chi connectivity index (χ2n) is 8.01. The van der Waals surface area contributed by atoms with E-state index in [2.05, 4.69) is 29.0 Å². The number of benzene rings is 1. The number of amides is 1. The van der Waals surface area contributed by atoms with Gasteiger partial charge < -0.3 is 10.6 Å². The number of H-pyrrole nitrogens is 1. The van der Waals surface area contributed by atoms with Crippen LogP contribution >= 0.6 is 12.4 Å². The Morgan fingerprint density at radius 1 is 1.23 bits per heavy atom. The van der Waals surface area contributed by atoms with Crippen molar-refractivity contribution in [1.29, 1.82) is 0 Å². The van der Waals surface area contributed by atoms with Crippen molar-refractivity contribution in [2.75, 3.05) is 13.1 Å². The molecule has 7 heteroatoms. The molecule has 1 saturated carbocycles. The zero-order valence-corrected chi connectivity index (χ0v) is 16.1. The Hall–Kier alpha value is -1.92. The van der Waals surface area contributed by atoms with Gasteiger partial charge >= 0.3 is 0 Å². The van der Waals surface area contributed by atoms with Crippen molar-refractivity contribution in [2.24, 2.45) is 11.1 Å². The van der Waals surface area contributed by atoms with Crippen molar-refractivity contribution in [2.45, 2.75) is 45.1 Å². The Labute approximate surface area is 160 Å². The van der Waals surface area contributed by atoms with E-state index < -0.39 is 0 Å². The molecule has 1 saturated heterocycles. The summed E-state index contributed by atoms with van der Waals surface area (Å²) in [7, 11) is 0. The van der Waals surface area contributed by atoms with E-state index in [1.165, 1.54) is 12.8 Å². The van der Waals surface area contributed by atoms with Crippen LogP contribution in [0.2, 0.25) is 0 Å². The monoisotopic (exact) mass is 375 g/mol. The van der Waals surface area contributed by atoms with Gasteiger partial charge in [0.1, 0.15) is 5.82 Å². The third kappa shape index (κ3) is 3.62. The Morgan fingerprint density at radius 2 is 1.92 bits per heavy atom. The summed E-state index contributed by atoms with van der Waals surface area (Å²) < 4.78 is 0. The molecule has 0 radical (unpaired) electrons. The standard InChI is InChI=1S/C19H25N5O.ClH/c1-19(2)11-24(10-9-15(19)20)18(25)14-7-5-13(6-8-14)17-21-16(22-23-17)12-3-4-12;/h5-8,12,15H,3-4,9-11,20H2,1-2H3,(H,21,22,23);1H. The van der Waals surface area contributed by atoms with Crippen LogP contribution < -0.4 is 5.73 Å². The predicted molar refractivity (Wildman–Crippen MR) is 103 cm³/mol. The molecule has 2 heterocycles. The highest BCUT2D eigenvalue weighted by Gasteiger charge is 2.35. The minimum Gasteiger partial charge on any atom is -0.338 e. The second-order valence-corrected chi connectivity index (χ2v) is 8.01. The Kier molecular flexibility index (Phi) is 5.08. The molecule has 2 fully saturated rings. The molecule has 1 unspecified atom stereocenters. The number of aromatic amines is 1. The maximum absolute atomic E-state index is 12.8. The number of hydrogen-bond acceptors (Lipinski definition) is 4. The smallest absolute Gasteiger partial charge is 0.253 e. The fraction of sp³-hybridized carbons (Fsp3) is 0.526. The summed E-state index contributed by atoms with van der Waals surface area (Å²) in [5.41, 5.74) is 7.75. The van der Waals surface area contributed by atoms with Crippen LogP contribution in [-0.4, -0.2) is 45.1 Å². The van der Waals surface area contributed by atoms with Crippen molar-refractivity contribution >= 4 is 18.3 Å². The number of carbonyl (C=O) groups excluding carboxylic acids is 1. The Bertz CT molecular complexity index is 781. The predicted octanol–water partition coefficient (Wildman–Crippen LogP) is 2.97. The van der Waals surface area contributed by atoms with E-state index in [-0.39, 0.29) is 29.8 Å². The molecule has 4 rings (SSSR count). The highest BCUT2D eigenvalue weighted by atomic mass is 35.5. The highest BCUT2D eigenvalue weighted by molar-refractivity contribution is 5.94. The number of aromatic nitrogens is 3. The van der Waals surface area contributed by atoms with E-state index in [4.69, 9.17) is 5.73 Å². The van der Waals surface area contributed by atoms with Gasteiger partial charge in [-0.15, -0.1) is 12.4 Å². The van der Waals surface area contributed by atoms with Gasteiger partial charge in [-0.1, -0.05) is 26.0 Å². The SMILES string of the molecule is CC1(C)CN(C(=O)c2ccc(-c3n[nH]c(C4CC4)n3)cc2)CCC1N.Cl. The third-order valence-electron chi connectivity index (χ3n) is 5.46. The first-order valence-electron chi connectivity index (χ1n) is 9.01. The van der Waals surface area contributed by atoms with Crippen LogP contribution in [0.15, 0.2) is 24.3 Å². The van der Waals surface area contributed by atoms with Gasteiger partial charge in [0.25, 0.3) is 5.91 Å². The normalized spacial score (nSPS) is 22.0. The Morgan fingerprint density at radius 3 is 2.54 bits per heavy atom. The summed E-state index contributed by atoms with van der Waals surface area (Å²) in [6.07, 6.45) is 3.23. The topological polar surface area (TPSA) is 87.9 Å². The van der Waals surface area contributed by atoms with Crippen LogP contribution in [0.1, 0.15) is 55.2 Å². The van der Waals surface area contributed by atoms with E-state index >= 15 is 0 Å². The molecular formula is C19H26ClN5O. The molecule has 2 aromatic rings. The summed E-state index contributed by atoms with van der Waals surface area (Å²) in [4.78, 5) is 19.3. The summed E-state index contributed by atoms with van der Waals surface area (Å²) in [5, 5.41) is 7.31. The molecular weight excluding hydrogens is 350 g/mol. The molecule has 1 aliphatic carbocycles. The van der Waals surface area contributed by atoms with Crippen molar-refractivity contribution in [1.82, 2.24) is 20.1 Å². The zero-order valence-electron chi connectivity index (χ0n) is 15.2. The molecule has 3 N–H and O–H groups in total. The summed E-state index contributed by atoms with van der Waals surface area (Å²) in [6.45, 7) is 5.67. The molecule has 1 aliphatic heterocycles. The maximum atomic E-state index is 12.8. The number of nitrogens with one attached hydrogen (secondary N) is 1. The van der Waals surface area contributed by atoms with Crippen molar-refractivity contribution in [3.05, 3.63) is 35.7 Å². The lowest BCUT2D eigenvalue weighted by Gasteiger charge is -2.42. The highest BCUT2D eigenvalue weighted by Crippen LogP contribution is 2.38. The number of carbonyl (C=O) groups is 1. The molecule has 1 aromatic heterocycles. The number of piperidine rings is 1. The van der Waals surface area contributed by atoms with Crippen LogP contribution in [0.25, 0.3) is 11.4 Å². The lowest BCUT2D eigenvalue weighted by molar-refractivity contribution is 0.0533. The lowest BCUT2D eigenvalue weighted by Crippen LogP contribution is -2.53. The Balaban J connectivity index is 0.00000196. The molecule has 26 heavy (non-hydrogen) atoms. The largest absolute Gasteiger partial charge is 0.338 e. The molecule has 1 aromatic carbocycles. The zero-order chi connectivity index (χ0) is 17.6. The number of likely N-dealkylation sites (tertiary alicyclic amines) is 1. The van der Waals surface area contributed by atoms with Crippen molar-refractivity contribution in [3.8, 4) is 11.4 Å². The number of hydrogen-bond donors (Lipinski definition) is 2. The van der Waals surface area contributed by atoms with E-state index in [9.17, 15) is 4.79 Å². The molecule has 1 atom stereocenters. The third-order valence-corrected chi connectivity index (χ3v) is 5.46. The van der Waals surface area contributed by atoms with Gasteiger partial charge in [0.05, 0.1) is 0 Å². The minimum absolute atomic E-state index is 0. The molecule has 0 bridgehead atoms. The van der Waals surface area contributed by atoms with Gasteiger partial charge in [-0.25, -0.2) is 4.98 Å². The van der Waals surface area contributed by atoms with Gasteiger partial charge in [-0.2, -0.15) is 5.10 Å². The first-order chi connectivity index (χ1) is 11.9. The first kappa shape index (κ1) is 18.9. The molecule has 1 amide bonds. The van der Waals surface area contributed by atoms with Crippen LogP contribution in [0, 0.1) is 5.41 Å². The van der Waals surface area contributed by atoms with Gasteiger partial charge in [-0.3, -0.25) is 9.89 Å². The van der Waals surface area contributed by atoms with Crippen LogP contribution in [0.4, 0.5) is 0 Å². The molecule has 6 nitrogen and oxygen atoms in total. The summed E-state index contributed by atoms with van der Waals surface area (Å²) in [5.74, 6) is 2.30. The van der Waals surface area contributed by atoms with Gasteiger partial charge in [0, 0.05) is 36.2 Å². The fourth-order valence-corrected chi connectivity index (χ4v) is 3.43. The van der Waals surface area contributed by atoms with E-state index in [0.29, 0.717) is 23.9 Å². The average molecular weight is 376 g/mol. The number of halogens is 1. The van der Waals surface area contributed by atoms with Gasteiger partial charge in [0.15, 0.2) is 5.82 Å². The van der Waals surface area contributed by atoms with Crippen LogP contribution in [0.5, 0.6) is 0 Å². The molecule has 2 aliphatic rings. The first-order valence-corrected chi connectivity index (χ1v) is 9.01. The van der Waals surface area contributed by atoms with Crippen molar-refractivity contribution < 1.29 is 4.79 Å². The second kappa shape index (κ2) is 7.00. The quantitative estimate of drug-likeness (QED) is 0.863. The van der Waals surface area contributed by atoms with E-state index in [1.807, 2.05) is 29.2 Å². The van der Waals surface area contributed by atoms with Crippen LogP contribution in [-0.2, 0) is 0 Å². The maximum Gasteiger partial charge on any atom is 0.253 e. The van der Waals surface area contributed by atoms with Gasteiger partial charge in [-0.05, 0) is 36.8 Å². The molecule has 140 valence electrons. The average Bonchev–Trinajstić information content (AvgIpc) is 3.34. The number of nitrogens with zero attached hydrogens (tertiary/aromatic N) is 3. The minimum atomic E-state index is -0.0496. The summed E-state index contributed by atoms with van der Waals surface area (Å²) >= 11 is 0. The van der Waals surface area contributed by atoms with Crippen molar-refractivity contribution in [3.63, 3.8) is 0 Å². The fourth-order valence-electron chi connectivity index (χ4n) is 3.43. The molecule has 0 spiro atoms. The van der Waals surface area contributed by atoms with E-state index in [1.54, 1.807) is 0 Å².